The first kappa shape index (κ1) is 12.6. The number of ether oxygens (including phenoxy) is 1. The van der Waals surface area contributed by atoms with Crippen LogP contribution in [0.15, 0.2) is 40.9 Å². The van der Waals surface area contributed by atoms with E-state index in [0.717, 1.165) is 15.7 Å². The zero-order valence-electron chi connectivity index (χ0n) is 9.85. The second kappa shape index (κ2) is 5.65. The molecular weight excluding hydrogens is 292 g/mol. The second-order valence-electron chi connectivity index (χ2n) is 3.80. The molecule has 0 aliphatic carbocycles. The summed E-state index contributed by atoms with van der Waals surface area (Å²) in [5.74, 6) is 1.27. The fourth-order valence-corrected chi connectivity index (χ4v) is 1.69. The summed E-state index contributed by atoms with van der Waals surface area (Å²) in [7, 11) is 0. The highest BCUT2D eigenvalue weighted by Gasteiger charge is 2.02. The Morgan fingerprint density at radius 1 is 1.22 bits per heavy atom. The first-order valence-electron chi connectivity index (χ1n) is 5.46. The molecule has 18 heavy (non-hydrogen) atoms. The third-order valence-corrected chi connectivity index (χ3v) is 3.26. The van der Waals surface area contributed by atoms with Crippen molar-refractivity contribution in [1.29, 1.82) is 5.26 Å². The Kier molecular flexibility index (Phi) is 3.96. The molecule has 0 saturated heterocycles. The lowest BCUT2D eigenvalue weighted by atomic mass is 10.2. The second-order valence-corrected chi connectivity index (χ2v) is 4.65. The molecule has 0 unspecified atom stereocenters. The van der Waals surface area contributed by atoms with Gasteiger partial charge < -0.3 is 4.74 Å². The summed E-state index contributed by atoms with van der Waals surface area (Å²) in [6.45, 7) is 1.91. The monoisotopic (exact) mass is 302 g/mol. The van der Waals surface area contributed by atoms with E-state index in [2.05, 4.69) is 27.0 Å². The van der Waals surface area contributed by atoms with Crippen LogP contribution in [0.2, 0.25) is 0 Å². The molecule has 2 rings (SSSR count). The highest BCUT2D eigenvalue weighted by Crippen LogP contribution is 2.23. The molecule has 0 N–H and O–H groups in total. The van der Waals surface area contributed by atoms with E-state index in [1.807, 2.05) is 37.3 Å². The number of benzene rings is 1. The fraction of sp³-hybridized carbons (Fsp3) is 0.143. The van der Waals surface area contributed by atoms with Crippen molar-refractivity contribution >= 4 is 15.9 Å². The molecule has 0 amide bonds. The van der Waals surface area contributed by atoms with Crippen LogP contribution in [0, 0.1) is 18.3 Å². The topological polar surface area (TPSA) is 45.9 Å². The van der Waals surface area contributed by atoms with Gasteiger partial charge in [0.15, 0.2) is 0 Å². The summed E-state index contributed by atoms with van der Waals surface area (Å²) >= 11 is 3.39. The number of pyridine rings is 1. The maximum absolute atomic E-state index is 8.59. The molecule has 1 heterocycles. The van der Waals surface area contributed by atoms with Gasteiger partial charge in [0, 0.05) is 10.5 Å². The highest BCUT2D eigenvalue weighted by atomic mass is 79.9. The molecule has 0 fully saturated rings. The number of hydrogen-bond donors (Lipinski definition) is 0. The van der Waals surface area contributed by atoms with Crippen molar-refractivity contribution in [2.45, 2.75) is 13.3 Å². The number of hydrogen-bond acceptors (Lipinski definition) is 3. The average Bonchev–Trinajstić information content (AvgIpc) is 2.37. The van der Waals surface area contributed by atoms with Gasteiger partial charge in [0.05, 0.1) is 18.2 Å². The van der Waals surface area contributed by atoms with Gasteiger partial charge in [-0.15, -0.1) is 0 Å². The third-order valence-electron chi connectivity index (χ3n) is 2.42. The summed E-state index contributed by atoms with van der Waals surface area (Å²) < 4.78 is 6.59. The predicted octanol–water partition coefficient (Wildman–Crippen LogP) is 4.01. The Hall–Kier alpha value is -1.86. The summed E-state index contributed by atoms with van der Waals surface area (Å²) in [5.41, 5.74) is 1.86. The van der Waals surface area contributed by atoms with E-state index in [9.17, 15) is 0 Å². The van der Waals surface area contributed by atoms with E-state index in [4.69, 9.17) is 10.00 Å². The van der Waals surface area contributed by atoms with E-state index in [-0.39, 0.29) is 0 Å². The molecule has 0 saturated carbocycles. The largest absolute Gasteiger partial charge is 0.439 e. The molecule has 0 radical (unpaired) electrons. The highest BCUT2D eigenvalue weighted by molar-refractivity contribution is 9.10. The van der Waals surface area contributed by atoms with Gasteiger partial charge in [0.25, 0.3) is 0 Å². The molecule has 2 aromatic rings. The molecule has 1 aromatic carbocycles. The van der Waals surface area contributed by atoms with Crippen LogP contribution in [0.4, 0.5) is 0 Å². The van der Waals surface area contributed by atoms with E-state index in [0.29, 0.717) is 18.1 Å². The Bertz CT molecular complexity index is 588. The first-order chi connectivity index (χ1) is 8.69. The Morgan fingerprint density at radius 3 is 2.56 bits per heavy atom. The van der Waals surface area contributed by atoms with Crippen molar-refractivity contribution in [1.82, 2.24) is 4.98 Å². The smallest absolute Gasteiger partial charge is 0.219 e. The Morgan fingerprint density at radius 2 is 1.94 bits per heavy atom. The van der Waals surface area contributed by atoms with Crippen LogP contribution >= 0.6 is 15.9 Å². The van der Waals surface area contributed by atoms with E-state index >= 15 is 0 Å². The lowest BCUT2D eigenvalue weighted by Crippen LogP contribution is -1.91. The SMILES string of the molecule is Cc1nc(Oc2ccc(CC#N)cc2)ccc1Br. The zero-order valence-corrected chi connectivity index (χ0v) is 11.4. The summed E-state index contributed by atoms with van der Waals surface area (Å²) in [4.78, 5) is 4.31. The lowest BCUT2D eigenvalue weighted by molar-refractivity contribution is 0.461. The van der Waals surface area contributed by atoms with Crippen LogP contribution in [-0.4, -0.2) is 4.98 Å². The number of aryl methyl sites for hydroxylation is 1. The summed E-state index contributed by atoms with van der Waals surface area (Å²) in [6.07, 6.45) is 0.413. The van der Waals surface area contributed by atoms with Crippen molar-refractivity contribution in [3.63, 3.8) is 0 Å². The molecule has 0 atom stereocenters. The van der Waals surface area contributed by atoms with Gasteiger partial charge >= 0.3 is 0 Å². The van der Waals surface area contributed by atoms with Crippen LogP contribution in [-0.2, 0) is 6.42 Å². The molecule has 0 spiro atoms. The summed E-state index contributed by atoms with van der Waals surface area (Å²) in [5, 5.41) is 8.59. The van der Waals surface area contributed by atoms with Gasteiger partial charge in [-0.3, -0.25) is 0 Å². The fourth-order valence-electron chi connectivity index (χ4n) is 1.47. The number of nitrogens with zero attached hydrogens (tertiary/aromatic N) is 2. The molecule has 0 aliphatic heterocycles. The van der Waals surface area contributed by atoms with Crippen molar-refractivity contribution < 1.29 is 4.74 Å². The number of rotatable bonds is 3. The van der Waals surface area contributed by atoms with E-state index < -0.39 is 0 Å². The minimum absolute atomic E-state index is 0.413. The van der Waals surface area contributed by atoms with Gasteiger partial charge in [0.1, 0.15) is 5.75 Å². The third kappa shape index (κ3) is 3.08. The maximum atomic E-state index is 8.59. The van der Waals surface area contributed by atoms with Gasteiger partial charge in [-0.25, -0.2) is 4.98 Å². The normalized spacial score (nSPS) is 9.83. The zero-order chi connectivity index (χ0) is 13.0. The molecule has 3 nitrogen and oxygen atoms in total. The van der Waals surface area contributed by atoms with Crippen LogP contribution < -0.4 is 4.74 Å². The quantitative estimate of drug-likeness (QED) is 0.860. The Labute approximate surface area is 114 Å². The van der Waals surface area contributed by atoms with Crippen LogP contribution in [0.3, 0.4) is 0 Å². The van der Waals surface area contributed by atoms with Crippen molar-refractivity contribution in [2.75, 3.05) is 0 Å². The summed E-state index contributed by atoms with van der Waals surface area (Å²) in [6, 6.07) is 13.3. The number of nitriles is 1. The molecule has 1 aromatic heterocycles. The van der Waals surface area contributed by atoms with Crippen molar-refractivity contribution in [3.8, 4) is 17.7 Å². The van der Waals surface area contributed by atoms with Crippen LogP contribution in [0.5, 0.6) is 11.6 Å². The van der Waals surface area contributed by atoms with E-state index in [1.165, 1.54) is 0 Å². The maximum Gasteiger partial charge on any atom is 0.219 e. The standard InChI is InChI=1S/C14H11BrN2O/c1-10-13(15)6-7-14(17-10)18-12-4-2-11(3-5-12)8-9-16/h2-7H,8H2,1H3. The van der Waals surface area contributed by atoms with E-state index in [1.54, 1.807) is 6.07 Å². The van der Waals surface area contributed by atoms with Gasteiger partial charge in [-0.1, -0.05) is 12.1 Å². The number of halogens is 1. The van der Waals surface area contributed by atoms with Crippen molar-refractivity contribution in [2.24, 2.45) is 0 Å². The van der Waals surface area contributed by atoms with Gasteiger partial charge in [-0.05, 0) is 46.6 Å². The molecule has 0 aliphatic rings. The van der Waals surface area contributed by atoms with Gasteiger partial charge in [-0.2, -0.15) is 5.26 Å². The first-order valence-corrected chi connectivity index (χ1v) is 6.25. The molecule has 90 valence electrons. The van der Waals surface area contributed by atoms with Crippen molar-refractivity contribution in [3.05, 3.63) is 52.1 Å². The predicted molar refractivity (Wildman–Crippen MR) is 72.5 cm³/mol. The minimum atomic E-state index is 0.413. The molecule has 4 heteroatoms. The Balaban J connectivity index is 2.13. The average molecular weight is 303 g/mol. The number of aromatic nitrogens is 1. The molecular formula is C14H11BrN2O. The van der Waals surface area contributed by atoms with Gasteiger partial charge in [0.2, 0.25) is 5.88 Å². The van der Waals surface area contributed by atoms with Crippen LogP contribution in [0.25, 0.3) is 0 Å². The lowest BCUT2D eigenvalue weighted by Gasteiger charge is -2.06. The minimum Gasteiger partial charge on any atom is -0.439 e. The van der Waals surface area contributed by atoms with Crippen LogP contribution in [0.1, 0.15) is 11.3 Å². The molecule has 0 bridgehead atoms.